The van der Waals surface area contributed by atoms with Gasteiger partial charge >= 0.3 is 0 Å². The number of aliphatic hydroxyl groups excluding tert-OH is 1. The van der Waals surface area contributed by atoms with Gasteiger partial charge in [0, 0.05) is 20.1 Å². The molecule has 0 saturated carbocycles. The average molecular weight is 297 g/mol. The summed E-state index contributed by atoms with van der Waals surface area (Å²) >= 11 is 1.44. The highest BCUT2D eigenvalue weighted by Gasteiger charge is 2.25. The van der Waals surface area contributed by atoms with Crippen LogP contribution in [0.1, 0.15) is 26.0 Å². The molecule has 112 valence electrons. The third kappa shape index (κ3) is 3.55. The molecule has 1 aromatic heterocycles. The van der Waals surface area contributed by atoms with Gasteiger partial charge in [0.1, 0.15) is 0 Å². The molecule has 0 radical (unpaired) electrons. The van der Waals surface area contributed by atoms with Crippen LogP contribution in [0, 0.1) is 11.8 Å². The summed E-state index contributed by atoms with van der Waals surface area (Å²) in [6, 6.07) is 0. The van der Waals surface area contributed by atoms with E-state index in [4.69, 9.17) is 5.11 Å². The topological polar surface area (TPSA) is 58.4 Å². The van der Waals surface area contributed by atoms with Crippen LogP contribution < -0.4 is 0 Å². The Kier molecular flexibility index (Phi) is 5.10. The molecule has 6 heteroatoms. The first-order valence-electron chi connectivity index (χ1n) is 7.03. The molecule has 0 spiro atoms. The largest absolute Gasteiger partial charge is 0.390 e. The van der Waals surface area contributed by atoms with E-state index in [0.717, 1.165) is 23.9 Å². The molecular formula is C14H23N3O2S. The van der Waals surface area contributed by atoms with Crippen LogP contribution in [0.5, 0.6) is 0 Å². The van der Waals surface area contributed by atoms with Crippen molar-refractivity contribution in [3.8, 4) is 0 Å². The number of carbonyl (C=O) groups excluding carboxylic acids is 1. The SMILES string of the molecule is CC1CC(C)CN(C(=O)CSc2ncc(CO)n2C)C1. The fourth-order valence-electron chi connectivity index (χ4n) is 2.79. The van der Waals surface area contributed by atoms with Crippen LogP contribution in [-0.2, 0) is 18.4 Å². The summed E-state index contributed by atoms with van der Waals surface area (Å²) in [6.07, 6.45) is 2.86. The van der Waals surface area contributed by atoms with E-state index < -0.39 is 0 Å². The summed E-state index contributed by atoms with van der Waals surface area (Å²) in [5.74, 6) is 1.76. The number of hydrogen-bond donors (Lipinski definition) is 1. The molecule has 0 aliphatic carbocycles. The number of amides is 1. The molecule has 1 aliphatic rings. The van der Waals surface area contributed by atoms with Gasteiger partial charge in [-0.25, -0.2) is 4.98 Å². The van der Waals surface area contributed by atoms with E-state index in [2.05, 4.69) is 18.8 Å². The quantitative estimate of drug-likeness (QED) is 0.856. The van der Waals surface area contributed by atoms with Gasteiger partial charge in [-0.3, -0.25) is 4.79 Å². The maximum Gasteiger partial charge on any atom is 0.233 e. The number of aromatic nitrogens is 2. The molecule has 2 atom stereocenters. The lowest BCUT2D eigenvalue weighted by atomic mass is 9.92. The van der Waals surface area contributed by atoms with E-state index in [1.807, 2.05) is 16.5 Å². The molecule has 2 heterocycles. The Hall–Kier alpha value is -1.01. The molecule has 1 N–H and O–H groups in total. The second-order valence-electron chi connectivity index (χ2n) is 5.78. The number of piperidine rings is 1. The third-order valence-corrected chi connectivity index (χ3v) is 4.78. The normalized spacial score (nSPS) is 23.1. The van der Waals surface area contributed by atoms with Gasteiger partial charge in [0.05, 0.1) is 24.3 Å². The summed E-state index contributed by atoms with van der Waals surface area (Å²) in [4.78, 5) is 18.5. The Labute approximate surface area is 124 Å². The van der Waals surface area contributed by atoms with Crippen molar-refractivity contribution >= 4 is 17.7 Å². The van der Waals surface area contributed by atoms with E-state index in [1.165, 1.54) is 18.2 Å². The molecule has 2 rings (SSSR count). The Morgan fingerprint density at radius 3 is 2.65 bits per heavy atom. The number of imidazole rings is 1. The monoisotopic (exact) mass is 297 g/mol. The second-order valence-corrected chi connectivity index (χ2v) is 6.73. The number of thioether (sulfide) groups is 1. The maximum absolute atomic E-state index is 12.3. The lowest BCUT2D eigenvalue weighted by molar-refractivity contribution is -0.130. The molecule has 5 nitrogen and oxygen atoms in total. The zero-order chi connectivity index (χ0) is 14.7. The number of rotatable bonds is 4. The highest BCUT2D eigenvalue weighted by atomic mass is 32.2. The maximum atomic E-state index is 12.3. The molecule has 1 fully saturated rings. The molecular weight excluding hydrogens is 274 g/mol. The van der Waals surface area contributed by atoms with E-state index >= 15 is 0 Å². The first-order chi connectivity index (χ1) is 9.51. The van der Waals surface area contributed by atoms with Gasteiger partial charge in [-0.2, -0.15) is 0 Å². The summed E-state index contributed by atoms with van der Waals surface area (Å²) < 4.78 is 1.83. The molecule has 1 saturated heterocycles. The Balaban J connectivity index is 1.90. The number of carbonyl (C=O) groups is 1. The van der Waals surface area contributed by atoms with Crippen LogP contribution >= 0.6 is 11.8 Å². The van der Waals surface area contributed by atoms with Crippen LogP contribution in [-0.4, -0.2) is 44.3 Å². The summed E-state index contributed by atoms with van der Waals surface area (Å²) in [5.41, 5.74) is 0.764. The minimum Gasteiger partial charge on any atom is -0.390 e. The summed E-state index contributed by atoms with van der Waals surface area (Å²) in [6.45, 7) is 6.11. The summed E-state index contributed by atoms with van der Waals surface area (Å²) in [5, 5.41) is 9.90. The van der Waals surface area contributed by atoms with E-state index in [1.54, 1.807) is 6.20 Å². The van der Waals surface area contributed by atoms with Gasteiger partial charge in [-0.05, 0) is 18.3 Å². The van der Waals surface area contributed by atoms with Gasteiger partial charge < -0.3 is 14.6 Å². The van der Waals surface area contributed by atoms with Crippen LogP contribution in [0.2, 0.25) is 0 Å². The highest BCUT2D eigenvalue weighted by Crippen LogP contribution is 2.23. The highest BCUT2D eigenvalue weighted by molar-refractivity contribution is 7.99. The Morgan fingerprint density at radius 1 is 1.45 bits per heavy atom. The lowest BCUT2D eigenvalue weighted by Gasteiger charge is -2.34. The van der Waals surface area contributed by atoms with Crippen molar-refractivity contribution in [3.63, 3.8) is 0 Å². The molecule has 20 heavy (non-hydrogen) atoms. The molecule has 1 aromatic rings. The van der Waals surface area contributed by atoms with Crippen LogP contribution in [0.4, 0.5) is 0 Å². The van der Waals surface area contributed by atoms with Crippen molar-refractivity contribution in [3.05, 3.63) is 11.9 Å². The fourth-order valence-corrected chi connectivity index (χ4v) is 3.66. The van der Waals surface area contributed by atoms with Crippen LogP contribution in [0.15, 0.2) is 11.4 Å². The van der Waals surface area contributed by atoms with Crippen molar-refractivity contribution in [2.24, 2.45) is 18.9 Å². The zero-order valence-electron chi connectivity index (χ0n) is 12.4. The molecule has 1 amide bonds. The predicted molar refractivity (Wildman–Crippen MR) is 79.4 cm³/mol. The van der Waals surface area contributed by atoms with Crippen molar-refractivity contribution < 1.29 is 9.90 Å². The first kappa shape index (κ1) is 15.4. The van der Waals surface area contributed by atoms with Gasteiger partial charge in [0.2, 0.25) is 5.91 Å². The molecule has 0 bridgehead atoms. The van der Waals surface area contributed by atoms with Crippen molar-refractivity contribution in [2.75, 3.05) is 18.8 Å². The number of hydrogen-bond acceptors (Lipinski definition) is 4. The fraction of sp³-hybridized carbons (Fsp3) is 0.714. The Bertz CT molecular complexity index is 465. The number of likely N-dealkylation sites (tertiary alicyclic amines) is 1. The van der Waals surface area contributed by atoms with Crippen molar-refractivity contribution in [2.45, 2.75) is 32.0 Å². The molecule has 0 aromatic carbocycles. The number of nitrogens with zero attached hydrogens (tertiary/aromatic N) is 3. The average Bonchev–Trinajstić information content (AvgIpc) is 2.75. The third-order valence-electron chi connectivity index (χ3n) is 3.75. The smallest absolute Gasteiger partial charge is 0.233 e. The van der Waals surface area contributed by atoms with Crippen LogP contribution in [0.25, 0.3) is 0 Å². The van der Waals surface area contributed by atoms with Gasteiger partial charge in [-0.1, -0.05) is 25.6 Å². The van der Waals surface area contributed by atoms with E-state index in [9.17, 15) is 4.79 Å². The second kappa shape index (κ2) is 6.63. The van der Waals surface area contributed by atoms with Gasteiger partial charge in [0.25, 0.3) is 0 Å². The molecule has 2 unspecified atom stereocenters. The first-order valence-corrected chi connectivity index (χ1v) is 8.01. The van der Waals surface area contributed by atoms with E-state index in [-0.39, 0.29) is 12.5 Å². The minimum absolute atomic E-state index is 0.0286. The Morgan fingerprint density at radius 2 is 2.10 bits per heavy atom. The molecule has 1 aliphatic heterocycles. The summed E-state index contributed by atoms with van der Waals surface area (Å²) in [7, 11) is 1.86. The minimum atomic E-state index is -0.0286. The van der Waals surface area contributed by atoms with Crippen molar-refractivity contribution in [1.29, 1.82) is 0 Å². The predicted octanol–water partition coefficient (Wildman–Crippen LogP) is 1.51. The number of aliphatic hydroxyl groups is 1. The zero-order valence-corrected chi connectivity index (χ0v) is 13.2. The lowest BCUT2D eigenvalue weighted by Crippen LogP contribution is -2.43. The van der Waals surface area contributed by atoms with Crippen molar-refractivity contribution in [1.82, 2.24) is 14.5 Å². The van der Waals surface area contributed by atoms with Crippen LogP contribution in [0.3, 0.4) is 0 Å². The van der Waals surface area contributed by atoms with Gasteiger partial charge in [0.15, 0.2) is 5.16 Å². The standard InChI is InChI=1S/C14H23N3O2S/c1-10-4-11(2)7-17(6-10)13(19)9-20-14-15-5-12(8-18)16(14)3/h5,10-11,18H,4,6-9H2,1-3H3. The van der Waals surface area contributed by atoms with E-state index in [0.29, 0.717) is 17.6 Å². The van der Waals surface area contributed by atoms with Gasteiger partial charge in [-0.15, -0.1) is 0 Å².